The molecule has 1 atom stereocenters. The van der Waals surface area contributed by atoms with Crippen molar-refractivity contribution in [3.63, 3.8) is 0 Å². The van der Waals surface area contributed by atoms with E-state index in [4.69, 9.17) is 9.26 Å². The van der Waals surface area contributed by atoms with Crippen LogP contribution < -0.4 is 5.32 Å². The van der Waals surface area contributed by atoms with Crippen LogP contribution in [-0.4, -0.2) is 29.2 Å². The Bertz CT molecular complexity index is 888. The summed E-state index contributed by atoms with van der Waals surface area (Å²) in [6.45, 7) is 6.66. The van der Waals surface area contributed by atoms with Crippen LogP contribution in [0.3, 0.4) is 0 Å². The molecule has 1 heterocycles. The number of esters is 1. The van der Waals surface area contributed by atoms with Gasteiger partial charge in [-0.25, -0.2) is 4.79 Å². The summed E-state index contributed by atoms with van der Waals surface area (Å²) in [6.07, 6.45) is 0. The van der Waals surface area contributed by atoms with Gasteiger partial charge in [-0.3, -0.25) is 4.79 Å². The van der Waals surface area contributed by atoms with Crippen molar-refractivity contribution in [3.8, 4) is 6.07 Å². The first-order chi connectivity index (χ1) is 13.2. The number of ether oxygens (including phenoxy) is 1. The zero-order valence-corrected chi connectivity index (χ0v) is 17.1. The fraction of sp³-hybridized carbons (Fsp3) is 0.400. The first-order valence-electron chi connectivity index (χ1n) is 8.78. The molecule has 0 unspecified atom stereocenters. The van der Waals surface area contributed by atoms with Crippen LogP contribution in [-0.2, 0) is 15.3 Å². The van der Waals surface area contributed by atoms with Gasteiger partial charge in [0.1, 0.15) is 11.3 Å². The highest BCUT2D eigenvalue weighted by molar-refractivity contribution is 7.98. The second-order valence-corrected chi connectivity index (χ2v) is 7.82. The van der Waals surface area contributed by atoms with E-state index >= 15 is 0 Å². The normalized spacial score (nSPS) is 12.9. The van der Waals surface area contributed by atoms with E-state index in [1.165, 1.54) is 11.8 Å². The molecule has 1 aromatic carbocycles. The van der Waals surface area contributed by atoms with E-state index in [-0.39, 0.29) is 5.92 Å². The minimum absolute atomic E-state index is 0.0885. The number of thioether (sulfide) groups is 1. The van der Waals surface area contributed by atoms with Crippen molar-refractivity contribution in [2.75, 3.05) is 6.61 Å². The highest BCUT2D eigenvalue weighted by atomic mass is 32.2. The quantitative estimate of drug-likeness (QED) is 0.533. The Balaban J connectivity index is 1.97. The molecule has 0 saturated heterocycles. The number of aryl methyl sites for hydroxylation is 1. The van der Waals surface area contributed by atoms with E-state index in [9.17, 15) is 14.9 Å². The van der Waals surface area contributed by atoms with E-state index in [1.54, 1.807) is 25.1 Å². The third-order valence-electron chi connectivity index (χ3n) is 4.28. The molecule has 2 aromatic rings. The molecule has 0 fully saturated rings. The summed E-state index contributed by atoms with van der Waals surface area (Å²) in [4.78, 5) is 25.3. The topological polar surface area (TPSA) is 105 Å². The molecule has 0 aliphatic rings. The van der Waals surface area contributed by atoms with Gasteiger partial charge >= 0.3 is 5.97 Å². The van der Waals surface area contributed by atoms with Crippen molar-refractivity contribution in [1.29, 1.82) is 5.26 Å². The molecule has 0 saturated carbocycles. The number of carbonyl (C=O) groups is 2. The summed E-state index contributed by atoms with van der Waals surface area (Å²) in [7, 11) is 0. The van der Waals surface area contributed by atoms with Gasteiger partial charge in [-0.05, 0) is 31.9 Å². The van der Waals surface area contributed by atoms with Crippen LogP contribution in [0.15, 0.2) is 39.8 Å². The highest BCUT2D eigenvalue weighted by Crippen LogP contribution is 2.26. The lowest BCUT2D eigenvalue weighted by molar-refractivity contribution is -0.125. The maximum Gasteiger partial charge on any atom is 0.339 e. The Hall–Kier alpha value is -2.79. The number of amides is 1. The maximum absolute atomic E-state index is 12.4. The van der Waals surface area contributed by atoms with E-state index in [0.717, 1.165) is 16.3 Å². The first-order valence-corrected chi connectivity index (χ1v) is 9.77. The van der Waals surface area contributed by atoms with Crippen LogP contribution in [0, 0.1) is 24.2 Å². The van der Waals surface area contributed by atoms with Crippen molar-refractivity contribution in [1.82, 2.24) is 10.5 Å². The minimum atomic E-state index is -1.02. The van der Waals surface area contributed by atoms with Crippen molar-refractivity contribution in [2.45, 2.75) is 43.9 Å². The number of nitriles is 1. The first kappa shape index (κ1) is 21.5. The minimum Gasteiger partial charge on any atom is -0.452 e. The van der Waals surface area contributed by atoms with Gasteiger partial charge in [0.2, 0.25) is 0 Å². The third kappa shape index (κ3) is 5.60. The molecular weight excluding hydrogens is 378 g/mol. The molecule has 0 aliphatic carbocycles. The molecule has 7 nitrogen and oxygen atoms in total. The van der Waals surface area contributed by atoms with Crippen LogP contribution in [0.4, 0.5) is 0 Å². The summed E-state index contributed by atoms with van der Waals surface area (Å²) in [5, 5.41) is 15.8. The second kappa shape index (κ2) is 9.42. The van der Waals surface area contributed by atoms with Crippen LogP contribution in [0.5, 0.6) is 0 Å². The highest BCUT2D eigenvalue weighted by Gasteiger charge is 2.30. The fourth-order valence-corrected chi connectivity index (χ4v) is 3.16. The average Bonchev–Trinajstić information content (AvgIpc) is 3.09. The smallest absolute Gasteiger partial charge is 0.339 e. The molecule has 148 valence electrons. The summed E-state index contributed by atoms with van der Waals surface area (Å²) >= 11 is 1.43. The molecule has 8 heteroatoms. The Morgan fingerprint density at radius 2 is 2.11 bits per heavy atom. The molecule has 1 aromatic heterocycles. The lowest BCUT2D eigenvalue weighted by Gasteiger charge is -2.27. The SMILES string of the molecule is Cc1cc(CSc2ccccc2C(=O)OCC(=O)N[C@@](C)(C#N)C(C)C)no1. The number of benzene rings is 1. The Labute approximate surface area is 168 Å². The van der Waals surface area contributed by atoms with Crippen LogP contribution in [0.2, 0.25) is 0 Å². The van der Waals surface area contributed by atoms with E-state index < -0.39 is 24.0 Å². The summed E-state index contributed by atoms with van der Waals surface area (Å²) < 4.78 is 10.2. The summed E-state index contributed by atoms with van der Waals surface area (Å²) in [6, 6.07) is 10.9. The van der Waals surface area contributed by atoms with Crippen LogP contribution in [0.25, 0.3) is 0 Å². The number of nitrogens with one attached hydrogen (secondary N) is 1. The van der Waals surface area contributed by atoms with Crippen LogP contribution in [0.1, 0.15) is 42.6 Å². The zero-order chi connectivity index (χ0) is 20.7. The van der Waals surface area contributed by atoms with Gasteiger partial charge in [-0.2, -0.15) is 5.26 Å². The van der Waals surface area contributed by atoms with Gasteiger partial charge in [-0.15, -0.1) is 11.8 Å². The standard InChI is InChI=1S/C20H23N3O4S/c1-13(2)20(4,12-21)22-18(24)10-26-19(25)16-7-5-6-8-17(16)28-11-15-9-14(3)27-23-15/h5-9,13H,10-11H2,1-4H3,(H,22,24)/t20-/m0/s1. The molecular formula is C20H23N3O4S. The fourth-order valence-electron chi connectivity index (χ4n) is 2.23. The summed E-state index contributed by atoms with van der Waals surface area (Å²) in [5.74, 6) is 0.0541. The molecule has 0 aliphatic heterocycles. The van der Waals surface area contributed by atoms with Crippen molar-refractivity contribution in [3.05, 3.63) is 47.3 Å². The van der Waals surface area contributed by atoms with Gasteiger partial charge in [0.25, 0.3) is 5.91 Å². The second-order valence-electron chi connectivity index (χ2n) is 6.81. The van der Waals surface area contributed by atoms with Gasteiger partial charge in [0, 0.05) is 16.7 Å². The average molecular weight is 401 g/mol. The Morgan fingerprint density at radius 3 is 2.71 bits per heavy atom. The molecule has 0 spiro atoms. The molecule has 1 amide bonds. The molecule has 0 radical (unpaired) electrons. The number of nitrogens with zero attached hydrogens (tertiary/aromatic N) is 2. The predicted octanol–water partition coefficient (Wildman–Crippen LogP) is 3.49. The lowest BCUT2D eigenvalue weighted by Crippen LogP contribution is -2.50. The lowest BCUT2D eigenvalue weighted by atomic mass is 9.90. The van der Waals surface area contributed by atoms with Gasteiger partial charge in [0.05, 0.1) is 17.3 Å². The Morgan fingerprint density at radius 1 is 1.39 bits per heavy atom. The molecule has 2 rings (SSSR count). The largest absolute Gasteiger partial charge is 0.452 e. The van der Waals surface area contributed by atoms with E-state index in [0.29, 0.717) is 11.3 Å². The van der Waals surface area contributed by atoms with Crippen molar-refractivity contribution >= 4 is 23.6 Å². The van der Waals surface area contributed by atoms with Crippen molar-refractivity contribution < 1.29 is 18.8 Å². The van der Waals surface area contributed by atoms with E-state index in [2.05, 4.69) is 16.5 Å². The number of aromatic nitrogens is 1. The predicted molar refractivity (Wildman–Crippen MR) is 105 cm³/mol. The van der Waals surface area contributed by atoms with Crippen LogP contribution >= 0.6 is 11.8 Å². The van der Waals surface area contributed by atoms with Gasteiger partial charge < -0.3 is 14.6 Å². The van der Waals surface area contributed by atoms with Gasteiger partial charge in [-0.1, -0.05) is 31.1 Å². The van der Waals surface area contributed by atoms with Gasteiger partial charge in [0.15, 0.2) is 6.61 Å². The monoisotopic (exact) mass is 401 g/mol. The molecule has 1 N–H and O–H groups in total. The molecule has 0 bridgehead atoms. The number of hydrogen-bond acceptors (Lipinski definition) is 7. The van der Waals surface area contributed by atoms with Crippen molar-refractivity contribution in [2.24, 2.45) is 5.92 Å². The molecule has 28 heavy (non-hydrogen) atoms. The zero-order valence-electron chi connectivity index (χ0n) is 16.3. The van der Waals surface area contributed by atoms with E-state index in [1.807, 2.05) is 32.9 Å². The summed E-state index contributed by atoms with van der Waals surface area (Å²) in [5.41, 5.74) is 0.120. The Kier molecular flexibility index (Phi) is 7.24. The maximum atomic E-state index is 12.4. The third-order valence-corrected chi connectivity index (χ3v) is 5.39. The number of rotatable bonds is 8. The number of hydrogen-bond donors (Lipinski definition) is 1. The number of carbonyl (C=O) groups excluding carboxylic acids is 2.